The molecule has 0 unspecified atom stereocenters. The van der Waals surface area contributed by atoms with E-state index in [1.807, 2.05) is 0 Å². The molecular formula is C22H18N2O10S3. The van der Waals surface area contributed by atoms with E-state index >= 15 is 0 Å². The number of nitrogens with zero attached hydrogens (tertiary/aromatic N) is 2. The summed E-state index contributed by atoms with van der Waals surface area (Å²) in [4.78, 5) is -0.943. The minimum absolute atomic E-state index is 0.0280. The van der Waals surface area contributed by atoms with Crippen LogP contribution < -0.4 is 0 Å². The summed E-state index contributed by atoms with van der Waals surface area (Å²) in [5, 5.41) is 32.2. The van der Waals surface area contributed by atoms with Crippen molar-refractivity contribution < 1.29 is 45.7 Å². The molecule has 0 heterocycles. The van der Waals surface area contributed by atoms with Crippen LogP contribution in [0.5, 0.6) is 5.75 Å². The molecular weight excluding hydrogens is 548 g/mol. The second kappa shape index (κ2) is 9.96. The van der Waals surface area contributed by atoms with Crippen molar-refractivity contribution in [2.24, 2.45) is 10.2 Å². The van der Waals surface area contributed by atoms with E-state index in [1.165, 1.54) is 25.1 Å². The Balaban J connectivity index is 1.97. The Morgan fingerprint density at radius 3 is 2.24 bits per heavy atom. The molecule has 15 heteroatoms. The second-order valence-electron chi connectivity index (χ2n) is 7.87. The lowest BCUT2D eigenvalue weighted by Gasteiger charge is -2.12. The lowest BCUT2D eigenvalue weighted by Crippen LogP contribution is -2.00. The molecule has 4 N–H and O–H groups in total. The molecule has 4 aromatic rings. The minimum Gasteiger partial charge on any atom is -0.505 e. The summed E-state index contributed by atoms with van der Waals surface area (Å²) in [7, 11) is -9.32. The first kappa shape index (κ1) is 26.9. The van der Waals surface area contributed by atoms with Gasteiger partial charge in [0.15, 0.2) is 5.75 Å². The molecule has 0 saturated carbocycles. The van der Waals surface area contributed by atoms with E-state index in [-0.39, 0.29) is 38.0 Å². The summed E-state index contributed by atoms with van der Waals surface area (Å²) in [6.45, 7) is 3.26. The van der Waals surface area contributed by atoms with Crippen LogP contribution in [0, 0.1) is 13.8 Å². The number of azo groups is 1. The number of fused-ring (bicyclic) bond motifs is 2. The standard InChI is InChI=1S/C22H18N2O10S3/c1-11-4-3-5-16-15(11)6-7-17(22(16)37(30,31)32)23-24-20-18(35-34-33-26)10-13-9-14(36(27,28)29)8-12(2)19(13)21(20)25/h3-10,25-26H,1-2H3,(H,27,28,29)(H,30,31,32)/b24-23-. The molecule has 0 aliphatic heterocycles. The number of aryl methyl sites for hydroxylation is 2. The Labute approximate surface area is 214 Å². The van der Waals surface area contributed by atoms with Crippen LogP contribution in [0.25, 0.3) is 21.5 Å². The third kappa shape index (κ3) is 5.29. The second-order valence-corrected chi connectivity index (χ2v) is 11.4. The quantitative estimate of drug-likeness (QED) is 0.0710. The van der Waals surface area contributed by atoms with E-state index < -0.39 is 35.8 Å². The molecule has 4 rings (SSSR count). The first-order valence-corrected chi connectivity index (χ1v) is 13.8. The van der Waals surface area contributed by atoms with Gasteiger partial charge in [0.25, 0.3) is 20.2 Å². The zero-order valence-electron chi connectivity index (χ0n) is 19.0. The highest BCUT2D eigenvalue weighted by molar-refractivity contribution is 7.94. The topological polar surface area (TPSA) is 192 Å². The number of aromatic hydroxyl groups is 1. The molecule has 4 aromatic carbocycles. The van der Waals surface area contributed by atoms with Gasteiger partial charge in [0, 0.05) is 10.8 Å². The summed E-state index contributed by atoms with van der Waals surface area (Å²) in [5.74, 6) is -0.491. The van der Waals surface area contributed by atoms with Crippen molar-refractivity contribution in [2.45, 2.75) is 28.5 Å². The fraction of sp³-hybridized carbons (Fsp3) is 0.0909. The van der Waals surface area contributed by atoms with Gasteiger partial charge < -0.3 is 5.11 Å². The van der Waals surface area contributed by atoms with Gasteiger partial charge >= 0.3 is 0 Å². The van der Waals surface area contributed by atoms with Crippen molar-refractivity contribution in [3.8, 4) is 5.75 Å². The van der Waals surface area contributed by atoms with Gasteiger partial charge in [-0.15, -0.1) is 14.6 Å². The van der Waals surface area contributed by atoms with Crippen LogP contribution in [0.2, 0.25) is 0 Å². The SMILES string of the molecule is Cc1cccc2c(S(=O)(=O)O)c(/N=N\c3c(SOOO)cc4cc(S(=O)(=O)O)cc(C)c4c3O)ccc12. The molecule has 0 atom stereocenters. The molecule has 0 aliphatic rings. The van der Waals surface area contributed by atoms with Crippen LogP contribution >= 0.6 is 12.0 Å². The molecule has 0 bridgehead atoms. The normalized spacial score (nSPS) is 12.7. The highest BCUT2D eigenvalue weighted by Crippen LogP contribution is 2.46. The predicted octanol–water partition coefficient (Wildman–Crippen LogP) is 5.65. The lowest BCUT2D eigenvalue weighted by atomic mass is 10.0. The molecule has 0 saturated heterocycles. The van der Waals surface area contributed by atoms with E-state index in [4.69, 9.17) is 5.26 Å². The largest absolute Gasteiger partial charge is 0.505 e. The van der Waals surface area contributed by atoms with Crippen molar-refractivity contribution in [1.82, 2.24) is 0 Å². The van der Waals surface area contributed by atoms with Gasteiger partial charge in [-0.05, 0) is 60.0 Å². The van der Waals surface area contributed by atoms with Crippen LogP contribution in [0.4, 0.5) is 11.4 Å². The third-order valence-corrected chi connectivity index (χ3v) is 7.89. The first-order valence-electron chi connectivity index (χ1n) is 10.2. The molecule has 0 aliphatic carbocycles. The summed E-state index contributed by atoms with van der Waals surface area (Å²) >= 11 is 0.379. The Hall–Kier alpha value is -3.15. The Bertz CT molecular complexity index is 1800. The zero-order valence-corrected chi connectivity index (χ0v) is 21.4. The van der Waals surface area contributed by atoms with Crippen molar-refractivity contribution >= 4 is 65.2 Å². The van der Waals surface area contributed by atoms with Gasteiger partial charge in [-0.25, -0.2) is 5.26 Å². The fourth-order valence-electron chi connectivity index (χ4n) is 3.95. The Kier molecular flexibility index (Phi) is 7.24. The maximum Gasteiger partial charge on any atom is 0.297 e. The number of rotatable bonds is 7. The van der Waals surface area contributed by atoms with E-state index in [2.05, 4.69) is 19.6 Å². The van der Waals surface area contributed by atoms with Gasteiger partial charge in [0.05, 0.1) is 21.8 Å². The highest BCUT2D eigenvalue weighted by Gasteiger charge is 2.22. The van der Waals surface area contributed by atoms with Crippen LogP contribution in [0.3, 0.4) is 0 Å². The van der Waals surface area contributed by atoms with Gasteiger partial charge in [-0.3, -0.25) is 9.11 Å². The number of phenolic OH excluding ortho intramolecular Hbond substituents is 1. The van der Waals surface area contributed by atoms with Crippen molar-refractivity contribution in [2.75, 3.05) is 0 Å². The molecule has 0 radical (unpaired) electrons. The van der Waals surface area contributed by atoms with Crippen LogP contribution in [-0.2, 0) is 29.6 Å². The van der Waals surface area contributed by atoms with Gasteiger partial charge in [-0.2, -0.15) is 16.8 Å². The van der Waals surface area contributed by atoms with Crippen molar-refractivity contribution in [3.63, 3.8) is 0 Å². The van der Waals surface area contributed by atoms with Gasteiger partial charge in [0.1, 0.15) is 16.3 Å². The number of benzene rings is 4. The Morgan fingerprint density at radius 1 is 0.865 bits per heavy atom. The molecule has 12 nitrogen and oxygen atoms in total. The molecule has 0 amide bonds. The summed E-state index contributed by atoms with van der Waals surface area (Å²) in [6.07, 6.45) is 0. The average Bonchev–Trinajstić information content (AvgIpc) is 2.80. The lowest BCUT2D eigenvalue weighted by molar-refractivity contribution is -0.432. The smallest absolute Gasteiger partial charge is 0.297 e. The monoisotopic (exact) mass is 566 g/mol. The van der Waals surface area contributed by atoms with E-state index in [0.29, 0.717) is 17.4 Å². The highest BCUT2D eigenvalue weighted by atomic mass is 32.2. The summed E-state index contributed by atoms with van der Waals surface area (Å²) in [5.41, 5.74) is 0.545. The number of phenols is 1. The van der Waals surface area contributed by atoms with E-state index in [0.717, 1.165) is 17.7 Å². The molecule has 194 valence electrons. The fourth-order valence-corrected chi connectivity index (χ4v) is 5.88. The van der Waals surface area contributed by atoms with Crippen molar-refractivity contribution in [3.05, 3.63) is 59.7 Å². The summed E-state index contributed by atoms with van der Waals surface area (Å²) in [6, 6.07) is 11.4. The van der Waals surface area contributed by atoms with E-state index in [1.54, 1.807) is 25.1 Å². The number of hydrogen-bond donors (Lipinski definition) is 4. The predicted molar refractivity (Wildman–Crippen MR) is 133 cm³/mol. The van der Waals surface area contributed by atoms with Crippen LogP contribution in [-0.4, -0.2) is 36.3 Å². The van der Waals surface area contributed by atoms with Gasteiger partial charge in [0.2, 0.25) is 0 Å². The maximum absolute atomic E-state index is 12.3. The molecule has 0 fully saturated rings. The van der Waals surface area contributed by atoms with Gasteiger partial charge in [-0.1, -0.05) is 29.3 Å². The van der Waals surface area contributed by atoms with Crippen LogP contribution in [0.1, 0.15) is 11.1 Å². The third-order valence-electron chi connectivity index (χ3n) is 5.50. The first-order chi connectivity index (χ1) is 17.3. The van der Waals surface area contributed by atoms with Crippen molar-refractivity contribution in [1.29, 1.82) is 0 Å². The average molecular weight is 567 g/mol. The molecule has 0 aromatic heterocycles. The maximum atomic E-state index is 12.3. The molecule has 37 heavy (non-hydrogen) atoms. The Morgan fingerprint density at radius 2 is 1.59 bits per heavy atom. The zero-order chi connectivity index (χ0) is 27.1. The molecule has 0 spiro atoms. The van der Waals surface area contributed by atoms with E-state index in [9.17, 15) is 31.0 Å². The number of hydrogen-bond acceptors (Lipinski definition) is 11. The van der Waals surface area contributed by atoms with Crippen LogP contribution in [0.15, 0.2) is 73.4 Å². The summed E-state index contributed by atoms with van der Waals surface area (Å²) < 4.78 is 71.6. The minimum atomic E-state index is -4.76.